The Kier molecular flexibility index (Phi) is 41.4. The van der Waals surface area contributed by atoms with E-state index in [1.165, 1.54) is 114 Å². The zero-order valence-corrected chi connectivity index (χ0v) is 48.0. The smallest absolute Gasteiger partial charge is 0.744 e. The van der Waals surface area contributed by atoms with Crippen LogP contribution >= 0.6 is 0 Å². The van der Waals surface area contributed by atoms with Crippen LogP contribution in [0.25, 0.3) is 0 Å². The van der Waals surface area contributed by atoms with Gasteiger partial charge in [-0.2, -0.15) is 0 Å². The molecule has 0 amide bonds. The molecule has 14 nitrogen and oxygen atoms in total. The molecule has 0 spiro atoms. The SMILES string of the molecule is CCCCCCCC/C=C/OC(=O)c1cccc(S(=O)(=O)[O-])c1C(=O)O/C=C/CCCCCCCC.CCCCCCCC/C=C/OC(=O)c1cccc(S(=O)(=O)[O-])c1C(=O)O/C=C/CCCCCCCC.[Ca+2]. The molecule has 0 saturated carbocycles. The van der Waals surface area contributed by atoms with E-state index in [1.807, 2.05) is 0 Å². The van der Waals surface area contributed by atoms with E-state index in [-0.39, 0.29) is 48.9 Å². The zero-order valence-electron chi connectivity index (χ0n) is 44.1. The molecule has 0 bridgehead atoms. The summed E-state index contributed by atoms with van der Waals surface area (Å²) in [6.07, 6.45) is 41.5. The third-order valence-electron chi connectivity index (χ3n) is 11.4. The van der Waals surface area contributed by atoms with Gasteiger partial charge in [0.05, 0.1) is 57.1 Å². The van der Waals surface area contributed by atoms with Crippen molar-refractivity contribution in [1.29, 1.82) is 0 Å². The molecule has 0 unspecified atom stereocenters. The van der Waals surface area contributed by atoms with Gasteiger partial charge in [-0.15, -0.1) is 0 Å². The van der Waals surface area contributed by atoms with E-state index in [0.717, 1.165) is 115 Å². The Bertz CT molecular complexity index is 2060. The molecular weight excluding hydrogens is 1000 g/mol. The van der Waals surface area contributed by atoms with Gasteiger partial charge in [-0.05, 0) is 99.9 Å². The van der Waals surface area contributed by atoms with E-state index < -0.39 is 65.0 Å². The van der Waals surface area contributed by atoms with Crippen molar-refractivity contribution in [3.63, 3.8) is 0 Å². The van der Waals surface area contributed by atoms with E-state index in [4.69, 9.17) is 18.9 Å². The number of unbranched alkanes of at least 4 members (excludes halogenated alkanes) is 24. The minimum atomic E-state index is -5.03. The molecule has 0 fully saturated rings. The first-order chi connectivity index (χ1) is 34.6. The summed E-state index contributed by atoms with van der Waals surface area (Å²) in [5, 5.41) is 0. The van der Waals surface area contributed by atoms with Gasteiger partial charge >= 0.3 is 61.6 Å². The van der Waals surface area contributed by atoms with E-state index in [1.54, 1.807) is 24.3 Å². The van der Waals surface area contributed by atoms with Crippen molar-refractivity contribution in [1.82, 2.24) is 0 Å². The van der Waals surface area contributed by atoms with Crippen LogP contribution in [0, 0.1) is 0 Å². The Morgan fingerprint density at radius 2 is 0.616 bits per heavy atom. The van der Waals surface area contributed by atoms with Gasteiger partial charge in [0.25, 0.3) is 0 Å². The van der Waals surface area contributed by atoms with Gasteiger partial charge in [0, 0.05) is 0 Å². The molecule has 0 aliphatic carbocycles. The quantitative estimate of drug-likeness (QED) is 0.0152. The van der Waals surface area contributed by atoms with E-state index in [2.05, 4.69) is 27.7 Å². The Hall–Kier alpha value is -3.64. The minimum Gasteiger partial charge on any atom is -0.744 e. The number of rotatable bonds is 38. The summed E-state index contributed by atoms with van der Waals surface area (Å²) in [5.74, 6) is -4.09. The molecule has 0 atom stereocenters. The fourth-order valence-electron chi connectivity index (χ4n) is 7.37. The molecule has 73 heavy (non-hydrogen) atoms. The maximum atomic E-state index is 12.7. The van der Waals surface area contributed by atoms with Gasteiger partial charge in [0.1, 0.15) is 20.2 Å². The number of carbonyl (C=O) groups is 4. The standard InChI is InChI=1S/2C28H42O7S.Ca/c2*1-3-5-7-9-11-13-15-17-22-34-27(29)24-20-19-21-25(36(31,32)33)26(24)28(30)35-23-18-16-14-12-10-8-6-4-2;/h2*17-23H,3-16H2,1-2H3,(H,31,32,33);/q;;+2/p-2/b2*22-17+,23-18+;. The number of carbonyl (C=O) groups excluding carboxylic acids is 4. The number of benzene rings is 2. The van der Waals surface area contributed by atoms with Gasteiger partial charge in [-0.1, -0.05) is 168 Å². The van der Waals surface area contributed by atoms with Crippen molar-refractivity contribution >= 4 is 81.9 Å². The maximum absolute atomic E-state index is 12.7. The first-order valence-electron chi connectivity index (χ1n) is 26.3. The number of hydrogen-bond acceptors (Lipinski definition) is 14. The topological polar surface area (TPSA) is 220 Å². The van der Waals surface area contributed by atoms with Crippen molar-refractivity contribution in [2.75, 3.05) is 0 Å². The fraction of sp³-hybridized carbons (Fsp3) is 0.571. The molecule has 0 saturated heterocycles. The molecule has 404 valence electrons. The van der Waals surface area contributed by atoms with Crippen LogP contribution in [0.1, 0.15) is 249 Å². The number of ether oxygens (including phenoxy) is 4. The largest absolute Gasteiger partial charge is 2.00 e. The summed E-state index contributed by atoms with van der Waals surface area (Å²) in [4.78, 5) is 48.9. The second-order valence-electron chi connectivity index (χ2n) is 17.6. The van der Waals surface area contributed by atoms with Crippen LogP contribution < -0.4 is 0 Å². The van der Waals surface area contributed by atoms with Crippen LogP contribution in [-0.4, -0.2) is 87.6 Å². The normalized spacial score (nSPS) is 11.7. The zero-order chi connectivity index (χ0) is 53.3. The summed E-state index contributed by atoms with van der Waals surface area (Å²) in [5.41, 5.74) is -1.92. The first kappa shape index (κ1) is 69.4. The molecule has 2 aromatic rings. The van der Waals surface area contributed by atoms with Gasteiger partial charge in [-0.3, -0.25) is 0 Å². The number of hydrogen-bond donors (Lipinski definition) is 0. The summed E-state index contributed by atoms with van der Waals surface area (Å²) in [7, 11) is -10.1. The second kappa shape index (κ2) is 43.6. The van der Waals surface area contributed by atoms with Crippen molar-refractivity contribution < 1.29 is 64.1 Å². The molecule has 2 rings (SSSR count). The van der Waals surface area contributed by atoms with Gasteiger partial charge in [0.15, 0.2) is 0 Å². The summed E-state index contributed by atoms with van der Waals surface area (Å²) >= 11 is 0. The van der Waals surface area contributed by atoms with Crippen molar-refractivity contribution in [2.24, 2.45) is 0 Å². The predicted octanol–water partition coefficient (Wildman–Crippen LogP) is 14.5. The predicted molar refractivity (Wildman–Crippen MR) is 285 cm³/mol. The molecule has 0 aliphatic heterocycles. The molecule has 2 aromatic carbocycles. The van der Waals surface area contributed by atoms with Gasteiger partial charge in [0.2, 0.25) is 0 Å². The third kappa shape index (κ3) is 32.4. The van der Waals surface area contributed by atoms with Crippen LogP contribution in [-0.2, 0) is 39.2 Å². The summed E-state index contributed by atoms with van der Waals surface area (Å²) in [6.45, 7) is 8.65. The van der Waals surface area contributed by atoms with Gasteiger partial charge < -0.3 is 28.1 Å². The maximum Gasteiger partial charge on any atom is 2.00 e. The van der Waals surface area contributed by atoms with Gasteiger partial charge in [-0.25, -0.2) is 36.0 Å². The fourth-order valence-corrected chi connectivity index (χ4v) is 8.74. The van der Waals surface area contributed by atoms with Crippen LogP contribution in [0.4, 0.5) is 0 Å². The van der Waals surface area contributed by atoms with Crippen LogP contribution in [0.3, 0.4) is 0 Å². The van der Waals surface area contributed by atoms with E-state index in [9.17, 15) is 45.1 Å². The molecule has 0 radical (unpaired) electrons. The molecule has 0 heterocycles. The van der Waals surface area contributed by atoms with Crippen molar-refractivity contribution in [2.45, 2.75) is 217 Å². The molecule has 17 heteroatoms. The Morgan fingerprint density at radius 3 is 0.863 bits per heavy atom. The Balaban J connectivity index is 0.00000140. The Morgan fingerprint density at radius 1 is 0.384 bits per heavy atom. The molecule has 0 aliphatic rings. The van der Waals surface area contributed by atoms with Crippen molar-refractivity contribution in [3.8, 4) is 0 Å². The monoisotopic (exact) mass is 1080 g/mol. The molecular formula is C56H82CaO14S2. The molecule has 0 N–H and O–H groups in total. The second-order valence-corrected chi connectivity index (χ2v) is 20.3. The average molecular weight is 1080 g/mol. The minimum absolute atomic E-state index is 0. The van der Waals surface area contributed by atoms with E-state index >= 15 is 0 Å². The molecule has 0 aromatic heterocycles. The number of allylic oxidation sites excluding steroid dienone is 4. The third-order valence-corrected chi connectivity index (χ3v) is 13.2. The Labute approximate surface area is 467 Å². The van der Waals surface area contributed by atoms with Crippen molar-refractivity contribution in [3.05, 3.63) is 108 Å². The number of esters is 4. The summed E-state index contributed by atoms with van der Waals surface area (Å²) in [6, 6.07) is 6.84. The van der Waals surface area contributed by atoms with Crippen LogP contribution in [0.15, 0.2) is 95.5 Å². The van der Waals surface area contributed by atoms with Crippen LogP contribution in [0.2, 0.25) is 0 Å². The van der Waals surface area contributed by atoms with E-state index in [0.29, 0.717) is 12.8 Å². The first-order valence-corrected chi connectivity index (χ1v) is 29.1. The average Bonchev–Trinajstić information content (AvgIpc) is 3.35. The van der Waals surface area contributed by atoms with Crippen LogP contribution in [0.5, 0.6) is 0 Å². The summed E-state index contributed by atoms with van der Waals surface area (Å²) < 4.78 is 90.7.